The van der Waals surface area contributed by atoms with E-state index in [-0.39, 0.29) is 11.4 Å². The van der Waals surface area contributed by atoms with Crippen molar-refractivity contribution in [2.75, 3.05) is 5.32 Å². The Morgan fingerprint density at radius 1 is 1.53 bits per heavy atom. The van der Waals surface area contributed by atoms with E-state index in [1.807, 2.05) is 6.92 Å². The van der Waals surface area contributed by atoms with Crippen molar-refractivity contribution in [2.24, 2.45) is 0 Å². The molecule has 0 aromatic heterocycles. The molecule has 1 atom stereocenters. The Kier molecular flexibility index (Phi) is 4.54. The lowest BCUT2D eigenvalue weighted by molar-refractivity contribution is -0.133. The SMILES string of the molecule is CCCC(C)(O)C(=O)Nc1ccc(Br)cc1O. The van der Waals surface area contributed by atoms with Crippen molar-refractivity contribution < 1.29 is 15.0 Å². The van der Waals surface area contributed by atoms with Gasteiger partial charge in [0.25, 0.3) is 5.91 Å². The summed E-state index contributed by atoms with van der Waals surface area (Å²) in [6.45, 7) is 3.35. The largest absolute Gasteiger partial charge is 0.506 e. The van der Waals surface area contributed by atoms with Gasteiger partial charge in [-0.15, -0.1) is 0 Å². The summed E-state index contributed by atoms with van der Waals surface area (Å²) >= 11 is 3.20. The highest BCUT2D eigenvalue weighted by atomic mass is 79.9. The second kappa shape index (κ2) is 5.51. The van der Waals surface area contributed by atoms with Gasteiger partial charge in [0.05, 0.1) is 5.69 Å². The van der Waals surface area contributed by atoms with Crippen LogP contribution in [0.5, 0.6) is 5.75 Å². The third-order valence-electron chi connectivity index (χ3n) is 2.43. The zero-order valence-corrected chi connectivity index (χ0v) is 11.4. The number of anilines is 1. The third kappa shape index (κ3) is 3.71. The zero-order chi connectivity index (χ0) is 13.1. The summed E-state index contributed by atoms with van der Waals surface area (Å²) in [5.41, 5.74) is -1.14. The molecule has 0 heterocycles. The standard InChI is InChI=1S/C12H16BrNO3/c1-3-6-12(2,17)11(16)14-9-5-4-8(13)7-10(9)15/h4-5,7,15,17H,3,6H2,1-2H3,(H,14,16). The van der Waals surface area contributed by atoms with Crippen LogP contribution in [0.15, 0.2) is 22.7 Å². The van der Waals surface area contributed by atoms with Crippen molar-refractivity contribution in [3.63, 3.8) is 0 Å². The van der Waals surface area contributed by atoms with Gasteiger partial charge >= 0.3 is 0 Å². The first-order valence-electron chi connectivity index (χ1n) is 5.39. The van der Waals surface area contributed by atoms with Crippen LogP contribution in [-0.4, -0.2) is 21.7 Å². The van der Waals surface area contributed by atoms with Gasteiger partial charge in [0.15, 0.2) is 0 Å². The molecule has 1 unspecified atom stereocenters. The van der Waals surface area contributed by atoms with E-state index < -0.39 is 11.5 Å². The van der Waals surface area contributed by atoms with Crippen LogP contribution in [0.4, 0.5) is 5.69 Å². The monoisotopic (exact) mass is 301 g/mol. The molecule has 94 valence electrons. The molecule has 17 heavy (non-hydrogen) atoms. The number of phenols is 1. The zero-order valence-electron chi connectivity index (χ0n) is 9.83. The molecule has 3 N–H and O–H groups in total. The number of amides is 1. The first-order chi connectivity index (χ1) is 7.86. The van der Waals surface area contributed by atoms with E-state index in [1.54, 1.807) is 12.1 Å². The van der Waals surface area contributed by atoms with Crippen LogP contribution in [0.1, 0.15) is 26.7 Å². The van der Waals surface area contributed by atoms with Crippen molar-refractivity contribution in [2.45, 2.75) is 32.3 Å². The lowest BCUT2D eigenvalue weighted by atomic mass is 9.99. The van der Waals surface area contributed by atoms with Crippen LogP contribution < -0.4 is 5.32 Å². The van der Waals surface area contributed by atoms with Crippen molar-refractivity contribution in [3.05, 3.63) is 22.7 Å². The first-order valence-corrected chi connectivity index (χ1v) is 6.18. The van der Waals surface area contributed by atoms with Crippen LogP contribution in [0.25, 0.3) is 0 Å². The minimum Gasteiger partial charge on any atom is -0.506 e. The molecule has 0 aliphatic heterocycles. The average Bonchev–Trinajstić information content (AvgIpc) is 2.22. The summed E-state index contributed by atoms with van der Waals surface area (Å²) < 4.78 is 0.716. The minimum atomic E-state index is -1.42. The number of nitrogens with one attached hydrogen (secondary N) is 1. The molecule has 0 fully saturated rings. The summed E-state index contributed by atoms with van der Waals surface area (Å²) in [4.78, 5) is 11.8. The number of aliphatic hydroxyl groups is 1. The molecule has 1 aromatic rings. The molecule has 0 bridgehead atoms. The third-order valence-corrected chi connectivity index (χ3v) is 2.93. The first kappa shape index (κ1) is 14.0. The summed E-state index contributed by atoms with van der Waals surface area (Å²) in [5, 5.41) is 22.0. The number of phenolic OH excluding ortho intramolecular Hbond substituents is 1. The van der Waals surface area contributed by atoms with Gasteiger partial charge < -0.3 is 15.5 Å². The summed E-state index contributed by atoms with van der Waals surface area (Å²) in [5.74, 6) is -0.558. The minimum absolute atomic E-state index is 0.0416. The molecule has 0 aliphatic carbocycles. The molecule has 0 saturated carbocycles. The highest BCUT2D eigenvalue weighted by Gasteiger charge is 2.29. The van der Waals surface area contributed by atoms with Crippen LogP contribution >= 0.6 is 15.9 Å². The van der Waals surface area contributed by atoms with Crippen LogP contribution in [0, 0.1) is 0 Å². The number of halogens is 1. The van der Waals surface area contributed by atoms with Crippen LogP contribution in [0.2, 0.25) is 0 Å². The van der Waals surface area contributed by atoms with Crippen molar-refractivity contribution >= 4 is 27.5 Å². The van der Waals surface area contributed by atoms with E-state index in [0.29, 0.717) is 17.3 Å². The quantitative estimate of drug-likeness (QED) is 0.749. The molecule has 0 radical (unpaired) electrons. The van der Waals surface area contributed by atoms with Crippen molar-refractivity contribution in [3.8, 4) is 5.75 Å². The Hall–Kier alpha value is -1.07. The average molecular weight is 302 g/mol. The van der Waals surface area contributed by atoms with Gasteiger partial charge in [0.2, 0.25) is 0 Å². The van der Waals surface area contributed by atoms with Crippen molar-refractivity contribution in [1.82, 2.24) is 0 Å². The molecular formula is C12H16BrNO3. The lowest BCUT2D eigenvalue weighted by Crippen LogP contribution is -2.39. The summed E-state index contributed by atoms with van der Waals surface area (Å²) in [6.07, 6.45) is 1.07. The topological polar surface area (TPSA) is 69.6 Å². The molecule has 1 aromatic carbocycles. The number of rotatable bonds is 4. The number of hydrogen-bond acceptors (Lipinski definition) is 3. The van der Waals surface area contributed by atoms with E-state index in [2.05, 4.69) is 21.2 Å². The predicted molar refractivity (Wildman–Crippen MR) is 70.0 cm³/mol. The Morgan fingerprint density at radius 3 is 2.71 bits per heavy atom. The molecule has 5 heteroatoms. The van der Waals surface area contributed by atoms with E-state index in [1.165, 1.54) is 13.0 Å². The maximum absolute atomic E-state index is 11.8. The second-order valence-electron chi connectivity index (χ2n) is 4.14. The Morgan fingerprint density at radius 2 is 2.18 bits per heavy atom. The van der Waals surface area contributed by atoms with Gasteiger partial charge in [0, 0.05) is 4.47 Å². The van der Waals surface area contributed by atoms with Gasteiger partial charge in [-0.1, -0.05) is 29.3 Å². The Balaban J connectivity index is 2.81. The molecular weight excluding hydrogens is 286 g/mol. The van der Waals surface area contributed by atoms with Gasteiger partial charge in [0.1, 0.15) is 11.4 Å². The Labute approximate surface area is 109 Å². The number of hydrogen-bond donors (Lipinski definition) is 3. The smallest absolute Gasteiger partial charge is 0.256 e. The molecule has 1 rings (SSSR count). The maximum Gasteiger partial charge on any atom is 0.256 e. The normalized spacial score (nSPS) is 14.1. The van der Waals surface area contributed by atoms with Crippen LogP contribution in [-0.2, 0) is 4.79 Å². The second-order valence-corrected chi connectivity index (χ2v) is 5.06. The molecule has 0 spiro atoms. The number of aromatic hydroxyl groups is 1. The van der Waals surface area contributed by atoms with Gasteiger partial charge in [-0.05, 0) is 31.5 Å². The fraction of sp³-hybridized carbons (Fsp3) is 0.417. The summed E-state index contributed by atoms with van der Waals surface area (Å²) in [6, 6.07) is 4.74. The van der Waals surface area contributed by atoms with E-state index in [9.17, 15) is 15.0 Å². The summed E-state index contributed by atoms with van der Waals surface area (Å²) in [7, 11) is 0. The highest BCUT2D eigenvalue weighted by Crippen LogP contribution is 2.28. The molecule has 1 amide bonds. The van der Waals surface area contributed by atoms with Gasteiger partial charge in [-0.2, -0.15) is 0 Å². The predicted octanol–water partition coefficient (Wildman–Crippen LogP) is 2.64. The fourth-order valence-corrected chi connectivity index (χ4v) is 1.82. The number of carbonyl (C=O) groups excluding carboxylic acids is 1. The van der Waals surface area contributed by atoms with Gasteiger partial charge in [-0.3, -0.25) is 4.79 Å². The number of benzene rings is 1. The van der Waals surface area contributed by atoms with E-state index in [4.69, 9.17) is 0 Å². The highest BCUT2D eigenvalue weighted by molar-refractivity contribution is 9.10. The molecule has 0 aliphatic rings. The maximum atomic E-state index is 11.8. The number of carbonyl (C=O) groups is 1. The van der Waals surface area contributed by atoms with E-state index in [0.717, 1.165) is 0 Å². The van der Waals surface area contributed by atoms with Crippen LogP contribution in [0.3, 0.4) is 0 Å². The van der Waals surface area contributed by atoms with Gasteiger partial charge in [-0.25, -0.2) is 0 Å². The lowest BCUT2D eigenvalue weighted by Gasteiger charge is -2.21. The molecule has 0 saturated heterocycles. The molecule has 4 nitrogen and oxygen atoms in total. The fourth-order valence-electron chi connectivity index (χ4n) is 1.47. The Bertz CT molecular complexity index is 418. The van der Waals surface area contributed by atoms with E-state index >= 15 is 0 Å². The van der Waals surface area contributed by atoms with Crippen molar-refractivity contribution in [1.29, 1.82) is 0 Å².